The molecule has 0 aliphatic heterocycles. The van der Waals surface area contributed by atoms with Gasteiger partial charge in [-0.15, -0.1) is 0 Å². The van der Waals surface area contributed by atoms with E-state index in [0.717, 1.165) is 11.1 Å². The van der Waals surface area contributed by atoms with Gasteiger partial charge in [0.05, 0.1) is 6.04 Å². The second-order valence-corrected chi connectivity index (χ2v) is 8.83. The van der Waals surface area contributed by atoms with E-state index in [0.29, 0.717) is 0 Å². The number of carbonyl (C=O) groups is 1. The first-order chi connectivity index (χ1) is 12.5. The fourth-order valence-corrected chi connectivity index (χ4v) is 3.19. The molecule has 2 rings (SSSR count). The first-order valence-electron chi connectivity index (χ1n) is 8.57. The summed E-state index contributed by atoms with van der Waals surface area (Å²) in [6.45, 7) is 9.05. The highest BCUT2D eigenvalue weighted by Gasteiger charge is 2.19. The quantitative estimate of drug-likeness (QED) is 0.767. The van der Waals surface area contributed by atoms with Crippen molar-refractivity contribution in [2.24, 2.45) is 0 Å². The Morgan fingerprint density at radius 1 is 1.00 bits per heavy atom. The Morgan fingerprint density at radius 2 is 1.56 bits per heavy atom. The Kier molecular flexibility index (Phi) is 6.15. The number of hydrogen-bond acceptors (Lipinski definition) is 5. The monoisotopic (exact) mass is 391 g/mol. The van der Waals surface area contributed by atoms with Crippen LogP contribution in [0.4, 0.5) is 4.79 Å². The second-order valence-electron chi connectivity index (χ2n) is 7.29. The van der Waals surface area contributed by atoms with Gasteiger partial charge in [-0.3, -0.25) is 0 Å². The molecule has 146 valence electrons. The van der Waals surface area contributed by atoms with E-state index in [4.69, 9.17) is 8.92 Å². The molecule has 0 aliphatic rings. The van der Waals surface area contributed by atoms with Crippen molar-refractivity contribution in [3.8, 4) is 5.75 Å². The first kappa shape index (κ1) is 20.8. The van der Waals surface area contributed by atoms with E-state index in [-0.39, 0.29) is 16.7 Å². The molecule has 0 fully saturated rings. The molecule has 7 heteroatoms. The molecule has 1 atom stereocenters. The van der Waals surface area contributed by atoms with E-state index in [1.165, 1.54) is 12.1 Å². The van der Waals surface area contributed by atoms with Gasteiger partial charge in [-0.25, -0.2) is 4.79 Å². The Morgan fingerprint density at radius 3 is 2.07 bits per heavy atom. The maximum Gasteiger partial charge on any atom is 0.408 e. The van der Waals surface area contributed by atoms with Gasteiger partial charge < -0.3 is 14.2 Å². The minimum Gasteiger partial charge on any atom is -0.444 e. The van der Waals surface area contributed by atoms with Crippen molar-refractivity contribution in [2.45, 2.75) is 51.2 Å². The third-order valence-electron chi connectivity index (χ3n) is 3.63. The Labute approximate surface area is 160 Å². The van der Waals surface area contributed by atoms with Crippen LogP contribution >= 0.6 is 0 Å². The highest BCUT2D eigenvalue weighted by molar-refractivity contribution is 7.87. The summed E-state index contributed by atoms with van der Waals surface area (Å²) in [6.07, 6.45) is -0.516. The van der Waals surface area contributed by atoms with Crippen LogP contribution in [0, 0.1) is 6.92 Å². The Balaban J connectivity index is 2.04. The molecule has 0 aromatic heterocycles. The summed E-state index contributed by atoms with van der Waals surface area (Å²) in [6, 6.07) is 12.6. The van der Waals surface area contributed by atoms with Crippen LogP contribution in [0.1, 0.15) is 44.9 Å². The van der Waals surface area contributed by atoms with E-state index >= 15 is 0 Å². The molecule has 0 spiro atoms. The van der Waals surface area contributed by atoms with E-state index in [2.05, 4.69) is 5.32 Å². The van der Waals surface area contributed by atoms with Crippen LogP contribution in [0.2, 0.25) is 0 Å². The molecule has 1 N–H and O–H groups in total. The number of ether oxygens (including phenoxy) is 1. The van der Waals surface area contributed by atoms with E-state index in [1.54, 1.807) is 57.2 Å². The third-order valence-corrected chi connectivity index (χ3v) is 4.89. The summed E-state index contributed by atoms with van der Waals surface area (Å²) in [4.78, 5) is 11.9. The van der Waals surface area contributed by atoms with Crippen molar-refractivity contribution in [3.63, 3.8) is 0 Å². The first-order valence-corrected chi connectivity index (χ1v) is 9.98. The van der Waals surface area contributed by atoms with Crippen LogP contribution in [0.5, 0.6) is 5.75 Å². The topological polar surface area (TPSA) is 81.7 Å². The van der Waals surface area contributed by atoms with Gasteiger partial charge in [0.25, 0.3) is 0 Å². The number of aryl methyl sites for hydroxylation is 1. The van der Waals surface area contributed by atoms with E-state index in [1.807, 2.05) is 13.8 Å². The predicted octanol–water partition coefficient (Wildman–Crippen LogP) is 4.35. The molecule has 1 amide bonds. The van der Waals surface area contributed by atoms with Gasteiger partial charge in [-0.05, 0) is 64.4 Å². The summed E-state index contributed by atoms with van der Waals surface area (Å²) in [5.41, 5.74) is 1.18. The number of nitrogens with one attached hydrogen (secondary N) is 1. The SMILES string of the molecule is Cc1ccc(S(=O)(=O)Oc2ccc(C(C)NC(=O)OC(C)(C)C)cc2)cc1. The van der Waals surface area contributed by atoms with Crippen LogP contribution in [-0.4, -0.2) is 20.1 Å². The normalized spacial score (nSPS) is 12.9. The Bertz CT molecular complexity index is 881. The molecule has 27 heavy (non-hydrogen) atoms. The van der Waals surface area contributed by atoms with Crippen LogP contribution in [0.3, 0.4) is 0 Å². The smallest absolute Gasteiger partial charge is 0.408 e. The van der Waals surface area contributed by atoms with Crippen LogP contribution in [-0.2, 0) is 14.9 Å². The van der Waals surface area contributed by atoms with Gasteiger partial charge in [0, 0.05) is 0 Å². The largest absolute Gasteiger partial charge is 0.444 e. The van der Waals surface area contributed by atoms with Gasteiger partial charge in [0.2, 0.25) is 0 Å². The summed E-state index contributed by atoms with van der Waals surface area (Å²) in [5, 5.41) is 2.73. The molecule has 0 aliphatic carbocycles. The van der Waals surface area contributed by atoms with Gasteiger partial charge in [-0.1, -0.05) is 29.8 Å². The van der Waals surface area contributed by atoms with Crippen molar-refractivity contribution in [2.75, 3.05) is 0 Å². The summed E-state index contributed by atoms with van der Waals surface area (Å²) < 4.78 is 35.0. The highest BCUT2D eigenvalue weighted by Crippen LogP contribution is 2.22. The Hall–Kier alpha value is -2.54. The van der Waals surface area contributed by atoms with Crippen LogP contribution in [0.15, 0.2) is 53.4 Å². The van der Waals surface area contributed by atoms with Crippen molar-refractivity contribution >= 4 is 16.2 Å². The molecule has 0 saturated carbocycles. The molecule has 0 bridgehead atoms. The molecule has 0 radical (unpaired) electrons. The lowest BCUT2D eigenvalue weighted by Crippen LogP contribution is -2.34. The number of benzene rings is 2. The second kappa shape index (κ2) is 8.00. The van der Waals surface area contributed by atoms with E-state index in [9.17, 15) is 13.2 Å². The standard InChI is InChI=1S/C20H25NO5S/c1-14-6-12-18(13-7-14)27(23,24)26-17-10-8-16(9-11-17)15(2)21-19(22)25-20(3,4)5/h6-13,15H,1-5H3,(H,21,22). The maximum absolute atomic E-state index is 12.3. The molecule has 2 aromatic rings. The van der Waals surface area contributed by atoms with Crippen molar-refractivity contribution in [3.05, 3.63) is 59.7 Å². The molecular weight excluding hydrogens is 366 g/mol. The molecule has 0 saturated heterocycles. The van der Waals surface area contributed by atoms with Gasteiger partial charge in [0.15, 0.2) is 0 Å². The van der Waals surface area contributed by atoms with Crippen molar-refractivity contribution < 1.29 is 22.1 Å². The number of hydrogen-bond donors (Lipinski definition) is 1. The number of carbonyl (C=O) groups excluding carboxylic acids is 1. The van der Waals surface area contributed by atoms with Crippen molar-refractivity contribution in [1.29, 1.82) is 0 Å². The van der Waals surface area contributed by atoms with Gasteiger partial charge >= 0.3 is 16.2 Å². The zero-order valence-electron chi connectivity index (χ0n) is 16.1. The lowest BCUT2D eigenvalue weighted by atomic mass is 10.1. The lowest BCUT2D eigenvalue weighted by Gasteiger charge is -2.22. The number of rotatable bonds is 5. The summed E-state index contributed by atoms with van der Waals surface area (Å²) in [7, 11) is -3.89. The zero-order valence-corrected chi connectivity index (χ0v) is 17.0. The fourth-order valence-electron chi connectivity index (χ4n) is 2.26. The van der Waals surface area contributed by atoms with Gasteiger partial charge in [0.1, 0.15) is 16.2 Å². The van der Waals surface area contributed by atoms with Crippen LogP contribution in [0.25, 0.3) is 0 Å². The molecule has 0 heterocycles. The summed E-state index contributed by atoms with van der Waals surface area (Å²) in [5.74, 6) is 0.198. The average Bonchev–Trinajstić information content (AvgIpc) is 2.53. The lowest BCUT2D eigenvalue weighted by molar-refractivity contribution is 0.0508. The molecule has 2 aromatic carbocycles. The summed E-state index contributed by atoms with van der Waals surface area (Å²) >= 11 is 0. The van der Waals surface area contributed by atoms with Crippen LogP contribution < -0.4 is 9.50 Å². The predicted molar refractivity (Wildman–Crippen MR) is 103 cm³/mol. The minimum atomic E-state index is -3.89. The number of amides is 1. The number of alkyl carbamates (subject to hydrolysis) is 1. The fraction of sp³-hybridized carbons (Fsp3) is 0.350. The van der Waals surface area contributed by atoms with E-state index < -0.39 is 21.8 Å². The highest BCUT2D eigenvalue weighted by atomic mass is 32.2. The molecule has 1 unspecified atom stereocenters. The maximum atomic E-state index is 12.3. The minimum absolute atomic E-state index is 0.0946. The zero-order chi connectivity index (χ0) is 20.2. The van der Waals surface area contributed by atoms with Gasteiger partial charge in [-0.2, -0.15) is 8.42 Å². The molecular formula is C20H25NO5S. The average molecular weight is 391 g/mol. The third kappa shape index (κ3) is 6.29. The van der Waals surface area contributed by atoms with Crippen molar-refractivity contribution in [1.82, 2.24) is 5.32 Å². The molecule has 6 nitrogen and oxygen atoms in total.